The van der Waals surface area contributed by atoms with Crippen molar-refractivity contribution in [3.05, 3.63) is 39.6 Å². The number of nitrogens with one attached hydrogen (secondary N) is 3. The third-order valence-electron chi connectivity index (χ3n) is 5.93. The second kappa shape index (κ2) is 9.91. The van der Waals surface area contributed by atoms with Crippen molar-refractivity contribution in [3.63, 3.8) is 0 Å². The minimum Gasteiger partial charge on any atom is -0.378 e. The standard InChI is InChI=1S/C22H24F3N7O2S/c23-22(24,25)13-3-4-15(27-10-13)16-12-35-20(29-16)17-18(28-14-2-1-5-26-11-14)30-21(31-19(17)33)32-6-8-34-9-7-32/h3-4,10,12,14,26H,1-2,5-9,11H2,(H2,28,30,31,33)/t14-/m1/s1. The summed E-state index contributed by atoms with van der Waals surface area (Å²) >= 11 is 1.22. The number of H-pyrrole nitrogens is 1. The summed E-state index contributed by atoms with van der Waals surface area (Å²) in [5, 5.41) is 8.84. The number of alkyl halides is 3. The van der Waals surface area contributed by atoms with Gasteiger partial charge in [-0.2, -0.15) is 18.2 Å². The summed E-state index contributed by atoms with van der Waals surface area (Å²) < 4.78 is 44.0. The lowest BCUT2D eigenvalue weighted by molar-refractivity contribution is -0.137. The van der Waals surface area contributed by atoms with Gasteiger partial charge in [0.1, 0.15) is 22.1 Å². The van der Waals surface area contributed by atoms with Gasteiger partial charge in [-0.1, -0.05) is 0 Å². The van der Waals surface area contributed by atoms with E-state index >= 15 is 0 Å². The van der Waals surface area contributed by atoms with E-state index in [9.17, 15) is 18.0 Å². The molecule has 5 rings (SSSR count). The zero-order valence-corrected chi connectivity index (χ0v) is 19.5. The first kappa shape index (κ1) is 23.7. The van der Waals surface area contributed by atoms with E-state index in [1.807, 2.05) is 4.90 Å². The van der Waals surface area contributed by atoms with Crippen molar-refractivity contribution in [1.82, 2.24) is 25.3 Å². The number of anilines is 2. The molecule has 3 N–H and O–H groups in total. The van der Waals surface area contributed by atoms with Crippen molar-refractivity contribution in [2.75, 3.05) is 49.6 Å². The number of pyridine rings is 1. The van der Waals surface area contributed by atoms with Crippen LogP contribution in [0, 0.1) is 0 Å². The third kappa shape index (κ3) is 5.31. The second-order valence-electron chi connectivity index (χ2n) is 8.37. The number of aromatic amines is 1. The molecular weight excluding hydrogens is 483 g/mol. The van der Waals surface area contributed by atoms with Crippen LogP contribution < -0.4 is 21.1 Å². The summed E-state index contributed by atoms with van der Waals surface area (Å²) in [5.74, 6) is 0.903. The maximum atomic E-state index is 13.3. The number of morpholine rings is 1. The highest BCUT2D eigenvalue weighted by molar-refractivity contribution is 7.13. The highest BCUT2D eigenvalue weighted by atomic mass is 32.1. The molecule has 2 saturated heterocycles. The van der Waals surface area contributed by atoms with Crippen molar-refractivity contribution >= 4 is 23.1 Å². The number of hydrogen-bond donors (Lipinski definition) is 3. The van der Waals surface area contributed by atoms with Crippen LogP contribution in [0.25, 0.3) is 22.0 Å². The Bertz CT molecular complexity index is 1220. The van der Waals surface area contributed by atoms with E-state index in [2.05, 4.69) is 25.6 Å². The zero-order chi connectivity index (χ0) is 24.4. The average Bonchev–Trinajstić information content (AvgIpc) is 3.34. The fraction of sp³-hybridized carbons (Fsp3) is 0.455. The van der Waals surface area contributed by atoms with Crippen LogP contribution in [-0.4, -0.2) is 65.4 Å². The molecular formula is C22H24F3N7O2S. The highest BCUT2D eigenvalue weighted by Crippen LogP contribution is 2.33. The first-order valence-electron chi connectivity index (χ1n) is 11.3. The van der Waals surface area contributed by atoms with Gasteiger partial charge in [0.25, 0.3) is 5.56 Å². The minimum atomic E-state index is -4.46. The number of nitrogens with zero attached hydrogens (tertiary/aromatic N) is 4. The molecule has 35 heavy (non-hydrogen) atoms. The highest BCUT2D eigenvalue weighted by Gasteiger charge is 2.31. The number of piperidine rings is 1. The quantitative estimate of drug-likeness (QED) is 0.484. The molecule has 0 spiro atoms. The van der Waals surface area contributed by atoms with Gasteiger partial charge in [0.05, 0.1) is 24.5 Å². The summed E-state index contributed by atoms with van der Waals surface area (Å²) in [6.45, 7) is 4.04. The fourth-order valence-corrected chi connectivity index (χ4v) is 4.93. The van der Waals surface area contributed by atoms with E-state index < -0.39 is 11.7 Å². The molecule has 0 radical (unpaired) electrons. The Kier molecular flexibility index (Phi) is 6.71. The third-order valence-corrected chi connectivity index (χ3v) is 6.79. The van der Waals surface area contributed by atoms with E-state index in [-0.39, 0.29) is 11.6 Å². The molecule has 9 nitrogen and oxygen atoms in total. The van der Waals surface area contributed by atoms with Crippen molar-refractivity contribution < 1.29 is 17.9 Å². The molecule has 2 fully saturated rings. The first-order chi connectivity index (χ1) is 16.9. The maximum absolute atomic E-state index is 13.3. The number of halogens is 3. The molecule has 2 aliphatic rings. The van der Waals surface area contributed by atoms with E-state index in [1.165, 1.54) is 17.4 Å². The Morgan fingerprint density at radius 3 is 2.69 bits per heavy atom. The van der Waals surface area contributed by atoms with Crippen LogP contribution in [0.5, 0.6) is 0 Å². The summed E-state index contributed by atoms with van der Waals surface area (Å²) in [6.07, 6.45) is -1.74. The van der Waals surface area contributed by atoms with E-state index in [0.717, 1.165) is 38.2 Å². The number of rotatable bonds is 5. The number of hydrogen-bond acceptors (Lipinski definition) is 9. The monoisotopic (exact) mass is 507 g/mol. The van der Waals surface area contributed by atoms with Gasteiger partial charge in [0.2, 0.25) is 5.95 Å². The van der Waals surface area contributed by atoms with E-state index in [4.69, 9.17) is 9.72 Å². The lowest BCUT2D eigenvalue weighted by Crippen LogP contribution is -2.40. The SMILES string of the molecule is O=c1[nH]c(N2CCOCC2)nc(N[C@@H]2CCCNC2)c1-c1nc(-c2ccc(C(F)(F)F)cn2)cs1. The largest absolute Gasteiger partial charge is 0.417 e. The molecule has 2 aliphatic heterocycles. The molecule has 0 unspecified atom stereocenters. The molecule has 3 aromatic rings. The van der Waals surface area contributed by atoms with Crippen molar-refractivity contribution in [3.8, 4) is 22.0 Å². The Balaban J connectivity index is 1.49. The Labute approximate surface area is 202 Å². The first-order valence-corrected chi connectivity index (χ1v) is 12.2. The molecule has 0 aliphatic carbocycles. The Morgan fingerprint density at radius 1 is 1.17 bits per heavy atom. The summed E-state index contributed by atoms with van der Waals surface area (Å²) in [5.41, 5.74) is -0.185. The van der Waals surface area contributed by atoms with Gasteiger partial charge in [-0.25, -0.2) is 4.98 Å². The topological polar surface area (TPSA) is 108 Å². The summed E-state index contributed by atoms with van der Waals surface area (Å²) in [6, 6.07) is 2.35. The van der Waals surface area contributed by atoms with Crippen molar-refractivity contribution in [2.24, 2.45) is 0 Å². The van der Waals surface area contributed by atoms with Crippen LogP contribution in [0.1, 0.15) is 18.4 Å². The average molecular weight is 508 g/mol. The van der Waals surface area contributed by atoms with Crippen LogP contribution >= 0.6 is 11.3 Å². The number of aromatic nitrogens is 4. The van der Waals surface area contributed by atoms with Gasteiger partial charge < -0.3 is 20.3 Å². The second-order valence-corrected chi connectivity index (χ2v) is 9.23. The Morgan fingerprint density at radius 2 is 2.00 bits per heavy atom. The van der Waals surface area contributed by atoms with Gasteiger partial charge in [0.15, 0.2) is 0 Å². The van der Waals surface area contributed by atoms with Gasteiger partial charge >= 0.3 is 6.18 Å². The number of ether oxygens (including phenoxy) is 1. The predicted octanol–water partition coefficient (Wildman–Crippen LogP) is 2.97. The lowest BCUT2D eigenvalue weighted by Gasteiger charge is -2.29. The molecule has 5 heterocycles. The van der Waals surface area contributed by atoms with E-state index in [1.54, 1.807) is 5.38 Å². The summed E-state index contributed by atoms with van der Waals surface area (Å²) in [4.78, 5) is 31.3. The van der Waals surface area contributed by atoms with Crippen LogP contribution in [0.3, 0.4) is 0 Å². The zero-order valence-electron chi connectivity index (χ0n) is 18.7. The molecule has 0 aromatic carbocycles. The van der Waals surface area contributed by atoms with Gasteiger partial charge in [-0.15, -0.1) is 11.3 Å². The van der Waals surface area contributed by atoms with E-state index in [0.29, 0.717) is 60.0 Å². The Hall–Kier alpha value is -3.03. The maximum Gasteiger partial charge on any atom is 0.417 e. The fourth-order valence-electron chi connectivity index (χ4n) is 4.08. The predicted molar refractivity (Wildman–Crippen MR) is 127 cm³/mol. The van der Waals surface area contributed by atoms with Crippen LogP contribution in [0.4, 0.5) is 24.9 Å². The number of thiazole rings is 1. The molecule has 13 heteroatoms. The molecule has 0 bridgehead atoms. The van der Waals surface area contributed by atoms with Gasteiger partial charge in [-0.05, 0) is 31.5 Å². The minimum absolute atomic E-state index is 0.102. The smallest absolute Gasteiger partial charge is 0.378 e. The molecule has 1 atom stereocenters. The molecule has 0 saturated carbocycles. The summed E-state index contributed by atoms with van der Waals surface area (Å²) in [7, 11) is 0. The van der Waals surface area contributed by atoms with Crippen LogP contribution in [-0.2, 0) is 10.9 Å². The van der Waals surface area contributed by atoms with Crippen LogP contribution in [0.15, 0.2) is 28.5 Å². The lowest BCUT2D eigenvalue weighted by atomic mass is 10.1. The normalized spacial score (nSPS) is 19.1. The molecule has 0 amide bonds. The van der Waals surface area contributed by atoms with Gasteiger partial charge in [-0.3, -0.25) is 14.8 Å². The van der Waals surface area contributed by atoms with Gasteiger partial charge in [0, 0.05) is 37.3 Å². The molecule has 3 aromatic heterocycles. The molecule has 186 valence electrons. The van der Waals surface area contributed by atoms with Crippen LogP contribution in [0.2, 0.25) is 0 Å². The van der Waals surface area contributed by atoms with Crippen molar-refractivity contribution in [1.29, 1.82) is 0 Å². The van der Waals surface area contributed by atoms with Crippen molar-refractivity contribution in [2.45, 2.75) is 25.1 Å².